The SMILES string of the molecule is CCOC(=O)C1=C(c2ccccc2)N=C2SC=C(CC(=O)N3CCCC3)N2C1c1cccc(Cl)c1. The largest absolute Gasteiger partial charge is 0.463 e. The summed E-state index contributed by atoms with van der Waals surface area (Å²) < 4.78 is 5.53. The molecule has 0 saturated carbocycles. The number of hydrogen-bond acceptors (Lipinski definition) is 6. The van der Waals surface area contributed by atoms with Gasteiger partial charge in [-0.15, -0.1) is 0 Å². The van der Waals surface area contributed by atoms with E-state index in [1.807, 2.05) is 63.7 Å². The Kier molecular flexibility index (Phi) is 6.97. The molecule has 0 radical (unpaired) electrons. The Hall–Kier alpha value is -3.03. The second kappa shape index (κ2) is 10.3. The van der Waals surface area contributed by atoms with Crippen LogP contribution >= 0.6 is 23.4 Å². The number of thioether (sulfide) groups is 1. The first-order valence-corrected chi connectivity index (χ1v) is 13.1. The molecule has 180 valence electrons. The Bertz CT molecular complexity index is 1240. The molecule has 1 fully saturated rings. The maximum atomic E-state index is 13.5. The number of likely N-dealkylation sites (tertiary alicyclic amines) is 1. The highest BCUT2D eigenvalue weighted by molar-refractivity contribution is 8.16. The van der Waals surface area contributed by atoms with Crippen LogP contribution in [0.25, 0.3) is 5.70 Å². The summed E-state index contributed by atoms with van der Waals surface area (Å²) in [6.45, 7) is 3.63. The van der Waals surface area contributed by atoms with Crippen LogP contribution in [-0.2, 0) is 14.3 Å². The molecule has 0 spiro atoms. The fourth-order valence-corrected chi connectivity index (χ4v) is 5.83. The second-order valence-corrected chi connectivity index (χ2v) is 9.84. The number of halogens is 1. The lowest BCUT2D eigenvalue weighted by Gasteiger charge is -2.37. The number of amides is 1. The Morgan fingerprint density at radius 1 is 1.11 bits per heavy atom. The Labute approximate surface area is 214 Å². The van der Waals surface area contributed by atoms with E-state index < -0.39 is 12.0 Å². The summed E-state index contributed by atoms with van der Waals surface area (Å²) in [5.74, 6) is -0.336. The number of esters is 1. The number of rotatable bonds is 6. The van der Waals surface area contributed by atoms with Crippen LogP contribution in [0.5, 0.6) is 0 Å². The zero-order valence-electron chi connectivity index (χ0n) is 19.4. The number of aliphatic imine (C=N–C) groups is 1. The van der Waals surface area contributed by atoms with Gasteiger partial charge in [0.15, 0.2) is 5.17 Å². The van der Waals surface area contributed by atoms with Gasteiger partial charge in [-0.05, 0) is 42.9 Å². The molecule has 3 aliphatic heterocycles. The van der Waals surface area contributed by atoms with E-state index in [1.54, 1.807) is 13.0 Å². The van der Waals surface area contributed by atoms with E-state index in [4.69, 9.17) is 21.3 Å². The number of hydrogen-bond donors (Lipinski definition) is 0. The molecule has 1 unspecified atom stereocenters. The van der Waals surface area contributed by atoms with Gasteiger partial charge in [0, 0.05) is 29.4 Å². The second-order valence-electron chi connectivity index (χ2n) is 8.56. The highest BCUT2D eigenvalue weighted by Gasteiger charge is 2.42. The molecule has 5 rings (SSSR count). The molecular weight excluding hydrogens is 482 g/mol. The van der Waals surface area contributed by atoms with Gasteiger partial charge in [0.05, 0.1) is 30.3 Å². The van der Waals surface area contributed by atoms with E-state index in [9.17, 15) is 9.59 Å². The minimum Gasteiger partial charge on any atom is -0.463 e. The lowest BCUT2D eigenvalue weighted by Crippen LogP contribution is -2.38. The molecule has 1 atom stereocenters. The van der Waals surface area contributed by atoms with Gasteiger partial charge < -0.3 is 14.5 Å². The third-order valence-corrected chi connectivity index (χ3v) is 7.43. The third kappa shape index (κ3) is 4.75. The number of carbonyl (C=O) groups excluding carboxylic acids is 2. The zero-order chi connectivity index (χ0) is 24.4. The van der Waals surface area contributed by atoms with Gasteiger partial charge in [-0.3, -0.25) is 4.79 Å². The average Bonchev–Trinajstić information content (AvgIpc) is 3.54. The molecule has 0 aliphatic carbocycles. The number of ether oxygens (including phenoxy) is 1. The van der Waals surface area contributed by atoms with Crippen molar-refractivity contribution in [2.45, 2.75) is 32.2 Å². The molecule has 1 amide bonds. The molecule has 0 N–H and O–H groups in total. The van der Waals surface area contributed by atoms with E-state index >= 15 is 0 Å². The molecule has 1 saturated heterocycles. The monoisotopic (exact) mass is 507 g/mol. The predicted octanol–water partition coefficient (Wildman–Crippen LogP) is 5.63. The van der Waals surface area contributed by atoms with Crippen molar-refractivity contribution in [3.63, 3.8) is 0 Å². The van der Waals surface area contributed by atoms with Crippen LogP contribution in [0.15, 0.2) is 76.3 Å². The highest BCUT2D eigenvalue weighted by atomic mass is 35.5. The van der Waals surface area contributed by atoms with Gasteiger partial charge >= 0.3 is 5.97 Å². The molecule has 35 heavy (non-hydrogen) atoms. The summed E-state index contributed by atoms with van der Waals surface area (Å²) >= 11 is 7.86. The van der Waals surface area contributed by atoms with Gasteiger partial charge in [0.1, 0.15) is 0 Å². The standard InChI is InChI=1S/C27H26ClN3O3S/c1-2-34-26(33)23-24(18-9-4-3-5-10-18)29-27-31(25(23)19-11-8-12-20(28)15-19)21(17-35-27)16-22(32)30-13-6-7-14-30/h3-5,8-12,15,17,25H,2,6-7,13-14,16H2,1H3. The van der Waals surface area contributed by atoms with Crippen molar-refractivity contribution in [3.8, 4) is 0 Å². The molecule has 8 heteroatoms. The van der Waals surface area contributed by atoms with E-state index in [0.29, 0.717) is 16.3 Å². The molecule has 0 aromatic heterocycles. The van der Waals surface area contributed by atoms with Crippen molar-refractivity contribution in [3.05, 3.63) is 87.4 Å². The van der Waals surface area contributed by atoms with E-state index in [-0.39, 0.29) is 18.9 Å². The summed E-state index contributed by atoms with van der Waals surface area (Å²) in [5.41, 5.74) is 3.50. The van der Waals surface area contributed by atoms with Crippen LogP contribution in [0.4, 0.5) is 0 Å². The minimum atomic E-state index is -0.525. The van der Waals surface area contributed by atoms with Crippen molar-refractivity contribution < 1.29 is 14.3 Å². The fourth-order valence-electron chi connectivity index (χ4n) is 4.71. The van der Waals surface area contributed by atoms with Crippen LogP contribution in [0, 0.1) is 0 Å². The summed E-state index contributed by atoms with van der Waals surface area (Å²) in [5, 5.41) is 3.27. The topological polar surface area (TPSA) is 62.2 Å². The van der Waals surface area contributed by atoms with Gasteiger partial charge in [-0.25, -0.2) is 9.79 Å². The van der Waals surface area contributed by atoms with Gasteiger partial charge in [-0.2, -0.15) is 0 Å². The van der Waals surface area contributed by atoms with Crippen LogP contribution in [-0.4, -0.2) is 46.5 Å². The summed E-state index contributed by atoms with van der Waals surface area (Å²) in [6, 6.07) is 16.6. The average molecular weight is 508 g/mol. The maximum absolute atomic E-state index is 13.5. The number of carbonyl (C=O) groups is 2. The quantitative estimate of drug-likeness (QED) is 0.474. The lowest BCUT2D eigenvalue weighted by atomic mass is 9.91. The van der Waals surface area contributed by atoms with Crippen LogP contribution in [0.3, 0.4) is 0 Å². The third-order valence-electron chi connectivity index (χ3n) is 6.31. The Morgan fingerprint density at radius 2 is 1.89 bits per heavy atom. The zero-order valence-corrected chi connectivity index (χ0v) is 21.0. The molecule has 6 nitrogen and oxygen atoms in total. The van der Waals surface area contributed by atoms with Gasteiger partial charge in [0.25, 0.3) is 0 Å². The molecule has 2 aromatic rings. The smallest absolute Gasteiger partial charge is 0.338 e. The van der Waals surface area contributed by atoms with E-state index in [0.717, 1.165) is 47.9 Å². The number of fused-ring (bicyclic) bond motifs is 1. The van der Waals surface area contributed by atoms with Crippen molar-refractivity contribution in [1.29, 1.82) is 0 Å². The summed E-state index contributed by atoms with van der Waals surface area (Å²) in [7, 11) is 0. The van der Waals surface area contributed by atoms with Crippen molar-refractivity contribution >= 4 is 46.1 Å². The summed E-state index contributed by atoms with van der Waals surface area (Å²) in [6.07, 6.45) is 2.33. The van der Waals surface area contributed by atoms with Crippen LogP contribution < -0.4 is 0 Å². The van der Waals surface area contributed by atoms with Crippen molar-refractivity contribution in [2.24, 2.45) is 4.99 Å². The molecule has 3 aliphatic rings. The first-order valence-electron chi connectivity index (χ1n) is 11.8. The molecule has 2 aromatic carbocycles. The van der Waals surface area contributed by atoms with Crippen molar-refractivity contribution in [1.82, 2.24) is 9.80 Å². The first kappa shape index (κ1) is 23.7. The van der Waals surface area contributed by atoms with Gasteiger partial charge in [0.2, 0.25) is 5.91 Å². The molecule has 3 heterocycles. The maximum Gasteiger partial charge on any atom is 0.338 e. The van der Waals surface area contributed by atoms with Gasteiger partial charge in [-0.1, -0.05) is 65.8 Å². The first-order chi connectivity index (χ1) is 17.1. The minimum absolute atomic E-state index is 0.0935. The highest BCUT2D eigenvalue weighted by Crippen LogP contribution is 2.47. The normalized spacial score (nSPS) is 19.4. The van der Waals surface area contributed by atoms with E-state index in [1.165, 1.54) is 11.8 Å². The predicted molar refractivity (Wildman–Crippen MR) is 140 cm³/mol. The number of benzene rings is 2. The van der Waals surface area contributed by atoms with Crippen molar-refractivity contribution in [2.75, 3.05) is 19.7 Å². The van der Waals surface area contributed by atoms with Crippen LogP contribution in [0.1, 0.15) is 43.4 Å². The Morgan fingerprint density at radius 3 is 2.60 bits per heavy atom. The fraction of sp³-hybridized carbons (Fsp3) is 0.296. The number of amidine groups is 1. The number of nitrogens with zero attached hydrogens (tertiary/aromatic N) is 3. The molecular formula is C27H26ClN3O3S. The molecule has 0 bridgehead atoms. The summed E-state index contributed by atoms with van der Waals surface area (Å²) in [4.78, 5) is 35.4. The van der Waals surface area contributed by atoms with Crippen LogP contribution in [0.2, 0.25) is 5.02 Å². The lowest BCUT2D eigenvalue weighted by molar-refractivity contribution is -0.139. The van der Waals surface area contributed by atoms with E-state index in [2.05, 4.69) is 0 Å². The Balaban J connectivity index is 1.63.